The third-order valence-electron chi connectivity index (χ3n) is 8.81. The average Bonchev–Trinajstić information content (AvgIpc) is 3.19. The van der Waals surface area contributed by atoms with Crippen molar-refractivity contribution in [2.75, 3.05) is 7.05 Å². The molecule has 5 aliphatic carbocycles. The molecule has 0 spiro atoms. The summed E-state index contributed by atoms with van der Waals surface area (Å²) in [5.41, 5.74) is -1.68. The van der Waals surface area contributed by atoms with Gasteiger partial charge in [0.1, 0.15) is 5.41 Å². The molecule has 1 saturated heterocycles. The maximum atomic E-state index is 13.7. The van der Waals surface area contributed by atoms with Gasteiger partial charge in [-0.2, -0.15) is 0 Å². The molecule has 3 unspecified atom stereocenters. The van der Waals surface area contributed by atoms with Gasteiger partial charge in [0, 0.05) is 13.0 Å². The Bertz CT molecular complexity index is 817. The second-order valence-electron chi connectivity index (χ2n) is 10.6. The van der Waals surface area contributed by atoms with E-state index >= 15 is 0 Å². The number of nitrogens with one attached hydrogen (secondary N) is 1. The molecule has 7 heteroatoms. The third-order valence-corrected chi connectivity index (χ3v) is 9.18. The van der Waals surface area contributed by atoms with Crippen molar-refractivity contribution in [2.45, 2.75) is 57.8 Å². The van der Waals surface area contributed by atoms with Crippen LogP contribution in [0.1, 0.15) is 57.8 Å². The lowest BCUT2D eigenvalue weighted by Gasteiger charge is -2.58. The number of amides is 2. The van der Waals surface area contributed by atoms with Crippen LogP contribution >= 0.6 is 12.2 Å². The minimum absolute atomic E-state index is 0.0514. The summed E-state index contributed by atoms with van der Waals surface area (Å²) < 4.78 is 0. The number of allylic oxidation sites excluding steroid dienone is 2. The predicted molar refractivity (Wildman–Crippen MR) is 114 cm³/mol. The van der Waals surface area contributed by atoms with Gasteiger partial charge in [-0.05, 0) is 93.2 Å². The van der Waals surface area contributed by atoms with Gasteiger partial charge in [0.25, 0.3) is 0 Å². The van der Waals surface area contributed by atoms with E-state index in [0.29, 0.717) is 30.6 Å². The van der Waals surface area contributed by atoms with E-state index in [0.717, 1.165) is 25.7 Å². The first-order valence-corrected chi connectivity index (χ1v) is 11.7. The van der Waals surface area contributed by atoms with Crippen molar-refractivity contribution < 1.29 is 19.5 Å². The van der Waals surface area contributed by atoms with Crippen molar-refractivity contribution in [3.05, 3.63) is 12.2 Å². The summed E-state index contributed by atoms with van der Waals surface area (Å²) in [6.45, 7) is 0. The summed E-state index contributed by atoms with van der Waals surface area (Å²) in [4.78, 5) is 41.2. The zero-order valence-corrected chi connectivity index (χ0v) is 18.2. The molecule has 2 amide bonds. The number of carboxylic acids is 1. The summed E-state index contributed by atoms with van der Waals surface area (Å²) in [5, 5.41) is 13.2. The summed E-state index contributed by atoms with van der Waals surface area (Å²) in [7, 11) is 1.54. The van der Waals surface area contributed by atoms with Crippen LogP contribution in [-0.2, 0) is 14.4 Å². The van der Waals surface area contributed by atoms with Crippen LogP contribution in [0.5, 0.6) is 0 Å². The summed E-state index contributed by atoms with van der Waals surface area (Å²) in [6.07, 6.45) is 12.6. The van der Waals surface area contributed by atoms with E-state index in [4.69, 9.17) is 12.2 Å². The number of aliphatic carboxylic acids is 1. The molecule has 0 radical (unpaired) electrons. The third kappa shape index (κ3) is 2.80. The van der Waals surface area contributed by atoms with Gasteiger partial charge in [-0.25, -0.2) is 0 Å². The van der Waals surface area contributed by atoms with Crippen molar-refractivity contribution >= 4 is 35.1 Å². The number of hydrogen-bond acceptors (Lipinski definition) is 4. The Kier molecular flexibility index (Phi) is 4.62. The highest BCUT2D eigenvalue weighted by Crippen LogP contribution is 2.63. The van der Waals surface area contributed by atoms with Gasteiger partial charge in [-0.15, -0.1) is 0 Å². The number of nitrogens with zero attached hydrogens (tertiary/aromatic N) is 1. The molecule has 6 rings (SSSR count). The fourth-order valence-electron chi connectivity index (χ4n) is 8.07. The van der Waals surface area contributed by atoms with Gasteiger partial charge < -0.3 is 10.4 Å². The summed E-state index contributed by atoms with van der Waals surface area (Å²) >= 11 is 5.17. The lowest BCUT2D eigenvalue weighted by molar-refractivity contribution is -0.172. The first-order valence-electron chi connectivity index (χ1n) is 11.3. The molecule has 1 heterocycles. The van der Waals surface area contributed by atoms with Gasteiger partial charge in [0.15, 0.2) is 5.11 Å². The van der Waals surface area contributed by atoms with Crippen molar-refractivity contribution in [1.29, 1.82) is 0 Å². The number of rotatable bonds is 5. The molecule has 3 atom stereocenters. The first kappa shape index (κ1) is 20.2. The zero-order valence-electron chi connectivity index (χ0n) is 17.4. The van der Waals surface area contributed by atoms with E-state index in [1.807, 2.05) is 12.2 Å². The Labute approximate surface area is 182 Å². The summed E-state index contributed by atoms with van der Waals surface area (Å²) in [6, 6.07) is 0. The van der Waals surface area contributed by atoms with E-state index in [1.165, 1.54) is 24.2 Å². The molecule has 6 aliphatic rings. The Hall–Kier alpha value is -1.76. The minimum Gasteiger partial charge on any atom is -0.481 e. The molecular weight excluding hydrogens is 400 g/mol. The number of hydrogen-bond donors (Lipinski definition) is 2. The number of carboxylic acid groups (broad SMARTS) is 1. The van der Waals surface area contributed by atoms with Crippen LogP contribution < -0.4 is 5.32 Å². The summed E-state index contributed by atoms with van der Waals surface area (Å²) in [5.74, 6) is -1.42. The van der Waals surface area contributed by atoms with Crippen molar-refractivity contribution in [2.24, 2.45) is 40.4 Å². The van der Waals surface area contributed by atoms with E-state index in [2.05, 4.69) is 5.32 Å². The molecular formula is C23H30N2O4S. The largest absolute Gasteiger partial charge is 0.481 e. The van der Waals surface area contributed by atoms with Crippen LogP contribution in [0.25, 0.3) is 0 Å². The monoisotopic (exact) mass is 430 g/mol. The Morgan fingerprint density at radius 3 is 2.33 bits per heavy atom. The molecule has 0 aromatic rings. The standard InChI is InChI=1S/C23H30N2O4S/c1-25-20(29)23(16-4-2-3-5-16,19(28)24-21(25)30)17(18(26)27)12-22-9-13-6-14(10-22)8-15(7-13)11-22/h2,4,13-17H,3,5-12H2,1H3,(H,26,27)(H,24,28,30). The van der Waals surface area contributed by atoms with Gasteiger partial charge in [-0.1, -0.05) is 12.2 Å². The first-order chi connectivity index (χ1) is 14.2. The molecule has 0 aromatic carbocycles. The Balaban J connectivity index is 1.57. The van der Waals surface area contributed by atoms with E-state index in [1.54, 1.807) is 7.05 Å². The molecule has 1 aliphatic heterocycles. The van der Waals surface area contributed by atoms with Crippen molar-refractivity contribution in [3.8, 4) is 0 Å². The van der Waals surface area contributed by atoms with Crippen LogP contribution in [0.2, 0.25) is 0 Å². The van der Waals surface area contributed by atoms with Crippen LogP contribution in [0.15, 0.2) is 12.2 Å². The predicted octanol–water partition coefficient (Wildman–Crippen LogP) is 3.12. The Morgan fingerprint density at radius 2 is 1.83 bits per heavy atom. The highest BCUT2D eigenvalue weighted by Gasteiger charge is 2.65. The van der Waals surface area contributed by atoms with Gasteiger partial charge >= 0.3 is 5.97 Å². The van der Waals surface area contributed by atoms with Gasteiger partial charge in [0.05, 0.1) is 5.92 Å². The zero-order chi connectivity index (χ0) is 21.3. The van der Waals surface area contributed by atoms with Crippen molar-refractivity contribution in [3.63, 3.8) is 0 Å². The lowest BCUT2D eigenvalue weighted by atomic mass is 9.46. The fraction of sp³-hybridized carbons (Fsp3) is 0.739. The normalized spacial score (nSPS) is 43.2. The topological polar surface area (TPSA) is 86.7 Å². The smallest absolute Gasteiger partial charge is 0.308 e. The molecule has 5 fully saturated rings. The van der Waals surface area contributed by atoms with E-state index in [-0.39, 0.29) is 10.5 Å². The van der Waals surface area contributed by atoms with Gasteiger partial charge in [0.2, 0.25) is 11.8 Å². The second-order valence-corrected chi connectivity index (χ2v) is 11.0. The molecule has 4 bridgehead atoms. The maximum absolute atomic E-state index is 13.7. The van der Waals surface area contributed by atoms with E-state index < -0.39 is 35.0 Å². The molecule has 6 nitrogen and oxygen atoms in total. The fourth-order valence-corrected chi connectivity index (χ4v) is 8.25. The SMILES string of the molecule is CN1C(=O)C(C2C=CCC2)(C(CC23CC4CC(CC(C4)C2)C3)C(=O)O)C(=O)NC1=S. The molecule has 162 valence electrons. The van der Waals surface area contributed by atoms with Crippen LogP contribution in [-0.4, -0.2) is 40.0 Å². The highest BCUT2D eigenvalue weighted by molar-refractivity contribution is 7.80. The van der Waals surface area contributed by atoms with Crippen LogP contribution in [0, 0.1) is 40.4 Å². The van der Waals surface area contributed by atoms with Gasteiger partial charge in [-0.3, -0.25) is 19.3 Å². The van der Waals surface area contributed by atoms with Crippen LogP contribution in [0.3, 0.4) is 0 Å². The average molecular weight is 431 g/mol. The Morgan fingerprint density at radius 1 is 1.23 bits per heavy atom. The molecule has 30 heavy (non-hydrogen) atoms. The second kappa shape index (κ2) is 6.87. The molecule has 0 aromatic heterocycles. The minimum atomic E-state index is -1.63. The number of carbonyl (C=O) groups excluding carboxylic acids is 2. The molecule has 4 saturated carbocycles. The van der Waals surface area contributed by atoms with Crippen molar-refractivity contribution in [1.82, 2.24) is 10.2 Å². The maximum Gasteiger partial charge on any atom is 0.308 e. The molecule has 2 N–H and O–H groups in total. The number of thiocarbonyl (C=S) groups is 1. The van der Waals surface area contributed by atoms with Crippen LogP contribution in [0.4, 0.5) is 0 Å². The van der Waals surface area contributed by atoms with E-state index in [9.17, 15) is 19.5 Å². The quantitative estimate of drug-likeness (QED) is 0.398. The lowest BCUT2D eigenvalue weighted by Crippen LogP contribution is -2.68. The number of carbonyl (C=O) groups is 3. The highest BCUT2D eigenvalue weighted by atomic mass is 32.1.